The van der Waals surface area contributed by atoms with Crippen LogP contribution in [0.25, 0.3) is 0 Å². The third-order valence-electron chi connectivity index (χ3n) is 6.95. The fourth-order valence-electron chi connectivity index (χ4n) is 5.24. The third kappa shape index (κ3) is 5.35. The summed E-state index contributed by atoms with van der Waals surface area (Å²) in [5.41, 5.74) is 0.494. The van der Waals surface area contributed by atoms with Crippen molar-refractivity contribution in [2.24, 2.45) is 5.92 Å². The van der Waals surface area contributed by atoms with Crippen molar-refractivity contribution in [2.45, 2.75) is 63.3 Å². The van der Waals surface area contributed by atoms with Gasteiger partial charge in [0.05, 0.1) is 18.7 Å². The third-order valence-corrected chi connectivity index (χ3v) is 6.95. The second-order valence-corrected chi connectivity index (χ2v) is 9.02. The smallest absolute Gasteiger partial charge is 0.416 e. The molecule has 0 aromatic heterocycles. The van der Waals surface area contributed by atoms with Crippen LogP contribution >= 0.6 is 0 Å². The fourth-order valence-corrected chi connectivity index (χ4v) is 5.24. The average Bonchev–Trinajstić information content (AvgIpc) is 3.26. The number of alkyl halides is 3. The van der Waals surface area contributed by atoms with Crippen LogP contribution in [0.3, 0.4) is 0 Å². The number of carbonyl (C=O) groups is 1. The molecule has 0 spiro atoms. The molecule has 1 aliphatic heterocycles. The van der Waals surface area contributed by atoms with Crippen molar-refractivity contribution in [3.05, 3.63) is 65.2 Å². The molecule has 1 saturated carbocycles. The molecule has 2 aromatic rings. The van der Waals surface area contributed by atoms with Crippen molar-refractivity contribution in [3.63, 3.8) is 0 Å². The predicted octanol–water partition coefficient (Wildman–Crippen LogP) is 5.73. The molecule has 2 aliphatic rings. The van der Waals surface area contributed by atoms with Gasteiger partial charge in [0.1, 0.15) is 5.75 Å². The van der Waals surface area contributed by atoms with Crippen LogP contribution in [0.1, 0.15) is 61.3 Å². The van der Waals surface area contributed by atoms with Gasteiger partial charge in [-0.15, -0.1) is 0 Å². The standard InChI is InChI=1S/C26H31F3N2O2/c1-33-21-13-12-20(22(16-21)26(27,28)29)17-30-23-14-15-31(24(23)18-8-4-2-5-9-18)25(32)19-10-6-3-7-11-19/h2,4-5,8-9,12-13,16,19,23-24,30H,3,6-7,10-11,14-15,17H2,1H3. The zero-order chi connectivity index (χ0) is 23.4. The van der Waals surface area contributed by atoms with Crippen LogP contribution < -0.4 is 10.1 Å². The number of amides is 1. The van der Waals surface area contributed by atoms with Crippen LogP contribution in [-0.4, -0.2) is 30.5 Å². The largest absolute Gasteiger partial charge is 0.497 e. The molecule has 2 aromatic carbocycles. The van der Waals surface area contributed by atoms with Crippen LogP contribution in [0.2, 0.25) is 0 Å². The molecule has 178 valence electrons. The normalized spacial score (nSPS) is 21.9. The van der Waals surface area contributed by atoms with E-state index in [0.717, 1.165) is 37.3 Å². The van der Waals surface area contributed by atoms with Crippen molar-refractivity contribution < 1.29 is 22.7 Å². The van der Waals surface area contributed by atoms with E-state index >= 15 is 0 Å². The molecule has 33 heavy (non-hydrogen) atoms. The lowest BCUT2D eigenvalue weighted by Gasteiger charge is -2.33. The van der Waals surface area contributed by atoms with Gasteiger partial charge in [0.25, 0.3) is 0 Å². The maximum absolute atomic E-state index is 13.6. The van der Waals surface area contributed by atoms with Crippen LogP contribution in [0.15, 0.2) is 48.5 Å². The van der Waals surface area contributed by atoms with E-state index in [1.165, 1.54) is 19.6 Å². The van der Waals surface area contributed by atoms with Crippen LogP contribution in [-0.2, 0) is 17.5 Å². The van der Waals surface area contributed by atoms with Crippen molar-refractivity contribution in [2.75, 3.05) is 13.7 Å². The van der Waals surface area contributed by atoms with Gasteiger partial charge in [0.15, 0.2) is 0 Å². The highest BCUT2D eigenvalue weighted by molar-refractivity contribution is 5.80. The number of nitrogens with one attached hydrogen (secondary N) is 1. The lowest BCUT2D eigenvalue weighted by molar-refractivity contribution is -0.138. The molecular weight excluding hydrogens is 429 g/mol. The number of carbonyl (C=O) groups excluding carboxylic acids is 1. The van der Waals surface area contributed by atoms with E-state index in [9.17, 15) is 18.0 Å². The molecule has 2 atom stereocenters. The maximum Gasteiger partial charge on any atom is 0.416 e. The van der Waals surface area contributed by atoms with Gasteiger partial charge in [-0.1, -0.05) is 55.7 Å². The summed E-state index contributed by atoms with van der Waals surface area (Å²) in [7, 11) is 1.36. The molecule has 0 radical (unpaired) electrons. The molecule has 1 amide bonds. The molecule has 1 N–H and O–H groups in total. The Bertz CT molecular complexity index is 942. The molecule has 1 heterocycles. The minimum absolute atomic E-state index is 0.0575. The van der Waals surface area contributed by atoms with Crippen molar-refractivity contribution in [1.29, 1.82) is 0 Å². The lowest BCUT2D eigenvalue weighted by Crippen LogP contribution is -2.41. The van der Waals surface area contributed by atoms with Crippen LogP contribution in [0.5, 0.6) is 5.75 Å². The summed E-state index contributed by atoms with van der Waals surface area (Å²) >= 11 is 0. The van der Waals surface area contributed by atoms with E-state index in [-0.39, 0.29) is 41.8 Å². The first-order chi connectivity index (χ1) is 15.9. The van der Waals surface area contributed by atoms with Gasteiger partial charge >= 0.3 is 6.18 Å². The minimum atomic E-state index is -4.47. The highest BCUT2D eigenvalue weighted by atomic mass is 19.4. The Morgan fingerprint density at radius 1 is 1.06 bits per heavy atom. The molecule has 1 saturated heterocycles. The van der Waals surface area contributed by atoms with Gasteiger partial charge in [-0.25, -0.2) is 0 Å². The lowest BCUT2D eigenvalue weighted by atomic mass is 9.87. The van der Waals surface area contributed by atoms with E-state index < -0.39 is 11.7 Å². The van der Waals surface area contributed by atoms with Crippen molar-refractivity contribution in [1.82, 2.24) is 10.2 Å². The second kappa shape index (κ2) is 10.2. The second-order valence-electron chi connectivity index (χ2n) is 9.02. The molecule has 1 aliphatic carbocycles. The maximum atomic E-state index is 13.6. The van der Waals surface area contributed by atoms with Gasteiger partial charge in [-0.3, -0.25) is 4.79 Å². The monoisotopic (exact) mass is 460 g/mol. The molecule has 7 heteroatoms. The van der Waals surface area contributed by atoms with Gasteiger partial charge in [-0.2, -0.15) is 13.2 Å². The number of nitrogens with zero attached hydrogens (tertiary/aromatic N) is 1. The van der Waals surface area contributed by atoms with Gasteiger partial charge in [0, 0.05) is 25.0 Å². The van der Waals surface area contributed by atoms with Crippen molar-refractivity contribution in [3.8, 4) is 5.75 Å². The first kappa shape index (κ1) is 23.6. The Labute approximate surface area is 193 Å². The molecule has 2 unspecified atom stereocenters. The molecule has 4 nitrogen and oxygen atoms in total. The fraction of sp³-hybridized carbons (Fsp3) is 0.500. The molecular formula is C26H31F3N2O2. The summed E-state index contributed by atoms with van der Waals surface area (Å²) in [6.07, 6.45) is 1.43. The zero-order valence-electron chi connectivity index (χ0n) is 18.9. The Kier molecular flexibility index (Phi) is 7.27. The zero-order valence-corrected chi connectivity index (χ0v) is 18.9. The number of hydrogen-bond donors (Lipinski definition) is 1. The number of hydrogen-bond acceptors (Lipinski definition) is 3. The molecule has 2 fully saturated rings. The summed E-state index contributed by atoms with van der Waals surface area (Å²) < 4.78 is 45.9. The summed E-state index contributed by atoms with van der Waals surface area (Å²) in [5, 5.41) is 3.35. The van der Waals surface area contributed by atoms with E-state index in [0.29, 0.717) is 13.0 Å². The minimum Gasteiger partial charge on any atom is -0.497 e. The first-order valence-corrected chi connectivity index (χ1v) is 11.7. The Hall–Kier alpha value is -2.54. The number of rotatable bonds is 6. The number of ether oxygens (including phenoxy) is 1. The molecule has 0 bridgehead atoms. The summed E-state index contributed by atoms with van der Waals surface area (Å²) in [4.78, 5) is 15.4. The summed E-state index contributed by atoms with van der Waals surface area (Å²) in [5.74, 6) is 0.425. The van der Waals surface area contributed by atoms with E-state index in [1.54, 1.807) is 6.07 Å². The Balaban J connectivity index is 1.55. The van der Waals surface area contributed by atoms with Crippen LogP contribution in [0.4, 0.5) is 13.2 Å². The quantitative estimate of drug-likeness (QED) is 0.599. The molecule has 4 rings (SSSR count). The Morgan fingerprint density at radius 2 is 1.79 bits per heavy atom. The highest BCUT2D eigenvalue weighted by Gasteiger charge is 2.40. The van der Waals surface area contributed by atoms with Gasteiger partial charge < -0.3 is 15.0 Å². The summed E-state index contributed by atoms with van der Waals surface area (Å²) in [6, 6.07) is 13.6. The Morgan fingerprint density at radius 3 is 2.45 bits per heavy atom. The van der Waals surface area contributed by atoms with E-state index in [1.807, 2.05) is 35.2 Å². The topological polar surface area (TPSA) is 41.6 Å². The number of methoxy groups -OCH3 is 1. The average molecular weight is 461 g/mol. The number of halogens is 3. The van der Waals surface area contributed by atoms with Gasteiger partial charge in [0.2, 0.25) is 5.91 Å². The van der Waals surface area contributed by atoms with E-state index in [4.69, 9.17) is 4.74 Å². The SMILES string of the molecule is COc1ccc(CNC2CCN(C(=O)C3CCCCC3)C2c2ccccc2)c(C(F)(F)F)c1. The summed E-state index contributed by atoms with van der Waals surface area (Å²) in [6.45, 7) is 0.680. The highest BCUT2D eigenvalue weighted by Crippen LogP contribution is 2.38. The van der Waals surface area contributed by atoms with Gasteiger partial charge in [-0.05, 0) is 42.5 Å². The van der Waals surface area contributed by atoms with Crippen LogP contribution in [0, 0.1) is 5.92 Å². The van der Waals surface area contributed by atoms with Crippen molar-refractivity contribution >= 4 is 5.91 Å². The number of benzene rings is 2. The first-order valence-electron chi connectivity index (χ1n) is 11.7. The number of likely N-dealkylation sites (tertiary alicyclic amines) is 1. The van der Waals surface area contributed by atoms with E-state index in [2.05, 4.69) is 5.32 Å². The predicted molar refractivity (Wildman–Crippen MR) is 121 cm³/mol.